The summed E-state index contributed by atoms with van der Waals surface area (Å²) in [6.07, 6.45) is 1.50. The number of carbonyl (C=O) groups excluding carboxylic acids is 1. The highest BCUT2D eigenvalue weighted by molar-refractivity contribution is 5.92. The van der Waals surface area contributed by atoms with Crippen molar-refractivity contribution >= 4 is 5.91 Å². The standard InChI is InChI=1S/C15H17NO4/c1-10-6-7-20-14(10)15(17)16-9-11-4-5-12(18-2)8-13(11)19-3/h4-8H,9H2,1-3H3,(H,16,17). The van der Waals surface area contributed by atoms with Crippen LogP contribution in [-0.2, 0) is 6.54 Å². The van der Waals surface area contributed by atoms with Gasteiger partial charge in [0.15, 0.2) is 5.76 Å². The van der Waals surface area contributed by atoms with Gasteiger partial charge in [0.25, 0.3) is 5.91 Å². The molecule has 0 bridgehead atoms. The van der Waals surface area contributed by atoms with E-state index in [1.807, 2.05) is 19.1 Å². The molecule has 0 atom stereocenters. The average Bonchev–Trinajstić information content (AvgIpc) is 2.90. The van der Waals surface area contributed by atoms with E-state index in [4.69, 9.17) is 13.9 Å². The second kappa shape index (κ2) is 6.14. The lowest BCUT2D eigenvalue weighted by molar-refractivity contribution is 0.0922. The maximum atomic E-state index is 12.0. The van der Waals surface area contributed by atoms with Gasteiger partial charge in [-0.2, -0.15) is 0 Å². The van der Waals surface area contributed by atoms with Crippen molar-refractivity contribution in [1.82, 2.24) is 5.32 Å². The fraction of sp³-hybridized carbons (Fsp3) is 0.267. The molecule has 5 nitrogen and oxygen atoms in total. The Balaban J connectivity index is 2.07. The molecular formula is C15H17NO4. The molecule has 5 heteroatoms. The highest BCUT2D eigenvalue weighted by Crippen LogP contribution is 2.24. The first kappa shape index (κ1) is 14.0. The van der Waals surface area contributed by atoms with Crippen molar-refractivity contribution in [3.05, 3.63) is 47.4 Å². The van der Waals surface area contributed by atoms with E-state index in [1.54, 1.807) is 26.4 Å². The van der Waals surface area contributed by atoms with E-state index in [-0.39, 0.29) is 5.91 Å². The van der Waals surface area contributed by atoms with E-state index in [0.29, 0.717) is 23.8 Å². The van der Waals surface area contributed by atoms with Crippen molar-refractivity contribution in [2.75, 3.05) is 14.2 Å². The van der Waals surface area contributed by atoms with Gasteiger partial charge in [0, 0.05) is 23.7 Å². The summed E-state index contributed by atoms with van der Waals surface area (Å²) in [5.41, 5.74) is 1.68. The Morgan fingerprint density at radius 3 is 2.65 bits per heavy atom. The molecule has 106 valence electrons. The fourth-order valence-corrected chi connectivity index (χ4v) is 1.86. The van der Waals surface area contributed by atoms with Crippen LogP contribution in [0.25, 0.3) is 0 Å². The molecule has 1 aromatic heterocycles. The number of carbonyl (C=O) groups is 1. The summed E-state index contributed by atoms with van der Waals surface area (Å²) in [6, 6.07) is 7.21. The highest BCUT2D eigenvalue weighted by atomic mass is 16.5. The Morgan fingerprint density at radius 2 is 2.05 bits per heavy atom. The number of furan rings is 1. The Bertz CT molecular complexity index is 604. The van der Waals surface area contributed by atoms with Gasteiger partial charge in [-0.3, -0.25) is 4.79 Å². The summed E-state index contributed by atoms with van der Waals surface area (Å²) >= 11 is 0. The van der Waals surface area contributed by atoms with Crippen LogP contribution in [0, 0.1) is 6.92 Å². The number of nitrogens with one attached hydrogen (secondary N) is 1. The van der Waals surface area contributed by atoms with Gasteiger partial charge in [0.1, 0.15) is 11.5 Å². The first-order valence-electron chi connectivity index (χ1n) is 6.19. The van der Waals surface area contributed by atoms with E-state index in [2.05, 4.69) is 5.32 Å². The summed E-state index contributed by atoms with van der Waals surface area (Å²) in [4.78, 5) is 12.0. The third kappa shape index (κ3) is 2.93. The monoisotopic (exact) mass is 275 g/mol. The van der Waals surface area contributed by atoms with E-state index in [9.17, 15) is 4.79 Å². The molecule has 0 aliphatic carbocycles. The quantitative estimate of drug-likeness (QED) is 0.911. The largest absolute Gasteiger partial charge is 0.497 e. The predicted molar refractivity (Wildman–Crippen MR) is 74.2 cm³/mol. The molecule has 2 aromatic rings. The van der Waals surface area contributed by atoms with Crippen LogP contribution in [0.2, 0.25) is 0 Å². The van der Waals surface area contributed by atoms with Crippen molar-refractivity contribution in [2.45, 2.75) is 13.5 Å². The van der Waals surface area contributed by atoms with Crippen LogP contribution in [0.4, 0.5) is 0 Å². The number of rotatable bonds is 5. The zero-order chi connectivity index (χ0) is 14.5. The molecule has 20 heavy (non-hydrogen) atoms. The Morgan fingerprint density at radius 1 is 1.25 bits per heavy atom. The van der Waals surface area contributed by atoms with Gasteiger partial charge in [-0.25, -0.2) is 0 Å². The topological polar surface area (TPSA) is 60.7 Å². The van der Waals surface area contributed by atoms with Crippen LogP contribution < -0.4 is 14.8 Å². The van der Waals surface area contributed by atoms with E-state index >= 15 is 0 Å². The van der Waals surface area contributed by atoms with Crippen molar-refractivity contribution in [1.29, 1.82) is 0 Å². The zero-order valence-corrected chi connectivity index (χ0v) is 11.7. The highest BCUT2D eigenvalue weighted by Gasteiger charge is 2.13. The first-order valence-corrected chi connectivity index (χ1v) is 6.19. The second-order valence-corrected chi connectivity index (χ2v) is 4.29. The first-order chi connectivity index (χ1) is 9.65. The lowest BCUT2D eigenvalue weighted by Crippen LogP contribution is -2.23. The molecule has 0 spiro atoms. The zero-order valence-electron chi connectivity index (χ0n) is 11.7. The van der Waals surface area contributed by atoms with Crippen molar-refractivity contribution < 1.29 is 18.7 Å². The Labute approximate surface area is 117 Å². The van der Waals surface area contributed by atoms with Crippen LogP contribution in [0.1, 0.15) is 21.7 Å². The summed E-state index contributed by atoms with van der Waals surface area (Å²) < 4.78 is 15.6. The van der Waals surface area contributed by atoms with Gasteiger partial charge >= 0.3 is 0 Å². The van der Waals surface area contributed by atoms with Gasteiger partial charge in [-0.15, -0.1) is 0 Å². The van der Waals surface area contributed by atoms with Crippen molar-refractivity contribution in [3.63, 3.8) is 0 Å². The number of hydrogen-bond acceptors (Lipinski definition) is 4. The number of amides is 1. The third-order valence-corrected chi connectivity index (χ3v) is 3.00. The molecule has 1 heterocycles. The molecule has 0 unspecified atom stereocenters. The normalized spacial score (nSPS) is 10.2. The van der Waals surface area contributed by atoms with Gasteiger partial charge in [0.05, 0.1) is 20.5 Å². The van der Waals surface area contributed by atoms with Crippen LogP contribution in [0.5, 0.6) is 11.5 Å². The molecule has 0 saturated heterocycles. The molecule has 0 saturated carbocycles. The minimum Gasteiger partial charge on any atom is -0.497 e. The molecule has 1 amide bonds. The molecule has 0 fully saturated rings. The number of hydrogen-bond donors (Lipinski definition) is 1. The maximum absolute atomic E-state index is 12.0. The van der Waals surface area contributed by atoms with Crippen LogP contribution >= 0.6 is 0 Å². The SMILES string of the molecule is COc1ccc(CNC(=O)c2occc2C)c(OC)c1. The second-order valence-electron chi connectivity index (χ2n) is 4.29. The summed E-state index contributed by atoms with van der Waals surface area (Å²) in [7, 11) is 3.17. The minimum atomic E-state index is -0.245. The summed E-state index contributed by atoms with van der Waals surface area (Å²) in [5.74, 6) is 1.46. The van der Waals surface area contributed by atoms with Crippen molar-refractivity contribution in [2.24, 2.45) is 0 Å². The molecule has 0 radical (unpaired) electrons. The van der Waals surface area contributed by atoms with Crippen molar-refractivity contribution in [3.8, 4) is 11.5 Å². The van der Waals surface area contributed by atoms with E-state index in [0.717, 1.165) is 11.1 Å². The summed E-state index contributed by atoms with van der Waals surface area (Å²) in [5, 5.41) is 2.80. The molecule has 0 aliphatic heterocycles. The van der Waals surface area contributed by atoms with Crippen LogP contribution in [0.15, 0.2) is 34.9 Å². The summed E-state index contributed by atoms with van der Waals surface area (Å²) in [6.45, 7) is 2.18. The molecule has 2 rings (SSSR count). The lowest BCUT2D eigenvalue weighted by Gasteiger charge is -2.11. The average molecular weight is 275 g/mol. The fourth-order valence-electron chi connectivity index (χ4n) is 1.86. The molecule has 1 aromatic carbocycles. The molecule has 0 aliphatic rings. The van der Waals surface area contributed by atoms with Crippen LogP contribution in [-0.4, -0.2) is 20.1 Å². The number of methoxy groups -OCH3 is 2. The Kier molecular flexibility index (Phi) is 4.30. The lowest BCUT2D eigenvalue weighted by atomic mass is 10.2. The van der Waals surface area contributed by atoms with Gasteiger partial charge in [-0.05, 0) is 25.1 Å². The third-order valence-electron chi connectivity index (χ3n) is 3.00. The van der Waals surface area contributed by atoms with Gasteiger partial charge in [0.2, 0.25) is 0 Å². The number of aryl methyl sites for hydroxylation is 1. The minimum absolute atomic E-state index is 0.245. The molecule has 1 N–H and O–H groups in total. The van der Waals surface area contributed by atoms with E-state index in [1.165, 1.54) is 6.26 Å². The van der Waals surface area contributed by atoms with E-state index < -0.39 is 0 Å². The number of ether oxygens (including phenoxy) is 2. The maximum Gasteiger partial charge on any atom is 0.287 e. The van der Waals surface area contributed by atoms with Gasteiger partial charge in [-0.1, -0.05) is 0 Å². The predicted octanol–water partition coefficient (Wildman–Crippen LogP) is 2.54. The Hall–Kier alpha value is -2.43. The number of benzene rings is 1. The van der Waals surface area contributed by atoms with Gasteiger partial charge < -0.3 is 19.2 Å². The smallest absolute Gasteiger partial charge is 0.287 e. The molecular weight excluding hydrogens is 258 g/mol. The van der Waals surface area contributed by atoms with Crippen LogP contribution in [0.3, 0.4) is 0 Å².